The molecular formula is C15H20N4O. The van der Waals surface area contributed by atoms with Crippen LogP contribution in [0.2, 0.25) is 0 Å². The first-order valence-electron chi connectivity index (χ1n) is 6.63. The fraction of sp³-hybridized carbons (Fsp3) is 0.400. The number of rotatable bonds is 3. The van der Waals surface area contributed by atoms with E-state index in [1.807, 2.05) is 52.0 Å². The Hall–Kier alpha value is -2.17. The third-order valence-electron chi connectivity index (χ3n) is 2.68. The molecule has 2 N–H and O–H groups in total. The van der Waals surface area contributed by atoms with Crippen LogP contribution in [0, 0.1) is 6.92 Å². The summed E-state index contributed by atoms with van der Waals surface area (Å²) in [5, 5.41) is 5.94. The molecule has 2 rings (SSSR count). The first kappa shape index (κ1) is 14.2. The Labute approximate surface area is 118 Å². The first-order valence-corrected chi connectivity index (χ1v) is 6.63. The zero-order chi connectivity index (χ0) is 14.8. The summed E-state index contributed by atoms with van der Waals surface area (Å²) in [4.78, 5) is 20.7. The number of aryl methyl sites for hydroxylation is 1. The van der Waals surface area contributed by atoms with E-state index in [4.69, 9.17) is 0 Å². The molecule has 1 aromatic carbocycles. The van der Waals surface area contributed by atoms with Gasteiger partial charge in [0.25, 0.3) is 0 Å². The van der Waals surface area contributed by atoms with Crippen molar-refractivity contribution in [1.82, 2.24) is 15.3 Å². The van der Waals surface area contributed by atoms with E-state index >= 15 is 0 Å². The van der Waals surface area contributed by atoms with Crippen LogP contribution in [0.3, 0.4) is 0 Å². The predicted molar refractivity (Wildman–Crippen MR) is 80.7 cm³/mol. The molecular weight excluding hydrogens is 252 g/mol. The molecule has 1 aromatic heterocycles. The molecule has 0 atom stereocenters. The van der Waals surface area contributed by atoms with Crippen LogP contribution in [0.5, 0.6) is 0 Å². The van der Waals surface area contributed by atoms with Crippen molar-refractivity contribution >= 4 is 22.8 Å². The highest BCUT2D eigenvalue weighted by Gasteiger charge is 2.14. The zero-order valence-electron chi connectivity index (χ0n) is 12.3. The van der Waals surface area contributed by atoms with Crippen molar-refractivity contribution in [3.8, 4) is 0 Å². The Kier molecular flexibility index (Phi) is 3.88. The second-order valence-corrected chi connectivity index (χ2v) is 5.80. The number of aromatic nitrogens is 2. The number of carbonyl (C=O) groups is 1. The monoisotopic (exact) mass is 272 g/mol. The minimum Gasteiger partial charge on any atom is -0.359 e. The lowest BCUT2D eigenvalue weighted by molar-refractivity contribution is -0.120. The van der Waals surface area contributed by atoms with Crippen LogP contribution >= 0.6 is 0 Å². The summed E-state index contributed by atoms with van der Waals surface area (Å²) in [5.74, 6) is 0.583. The normalized spacial score (nSPS) is 11.4. The molecule has 2 aromatic rings. The van der Waals surface area contributed by atoms with E-state index < -0.39 is 0 Å². The van der Waals surface area contributed by atoms with E-state index in [-0.39, 0.29) is 18.0 Å². The summed E-state index contributed by atoms with van der Waals surface area (Å²) in [6, 6.07) is 7.68. The Bertz CT molecular complexity index is 631. The van der Waals surface area contributed by atoms with Crippen LogP contribution in [0.15, 0.2) is 24.3 Å². The number of hydrogen-bond donors (Lipinski definition) is 2. The molecule has 20 heavy (non-hydrogen) atoms. The van der Waals surface area contributed by atoms with Gasteiger partial charge in [-0.05, 0) is 39.8 Å². The Balaban J connectivity index is 2.10. The molecule has 1 amide bonds. The third kappa shape index (κ3) is 3.66. The van der Waals surface area contributed by atoms with Gasteiger partial charge in [0.15, 0.2) is 0 Å². The average Bonchev–Trinajstić information content (AvgIpc) is 2.34. The molecule has 0 aliphatic heterocycles. The third-order valence-corrected chi connectivity index (χ3v) is 2.68. The van der Waals surface area contributed by atoms with Crippen molar-refractivity contribution in [2.24, 2.45) is 0 Å². The molecule has 5 nitrogen and oxygen atoms in total. The van der Waals surface area contributed by atoms with Gasteiger partial charge in [0.05, 0.1) is 23.3 Å². The van der Waals surface area contributed by atoms with Gasteiger partial charge in [-0.1, -0.05) is 12.1 Å². The van der Waals surface area contributed by atoms with Crippen molar-refractivity contribution in [1.29, 1.82) is 0 Å². The molecule has 0 unspecified atom stereocenters. The first-order chi connectivity index (χ1) is 9.35. The molecule has 0 saturated heterocycles. The van der Waals surface area contributed by atoms with E-state index in [1.165, 1.54) is 0 Å². The summed E-state index contributed by atoms with van der Waals surface area (Å²) < 4.78 is 0. The quantitative estimate of drug-likeness (QED) is 0.899. The van der Waals surface area contributed by atoms with E-state index in [0.717, 1.165) is 16.7 Å². The predicted octanol–water partition coefficient (Wildman–Crippen LogP) is 2.26. The standard InChI is InChI=1S/C15H20N4O/c1-10-14(16-9-13(20)19-15(2,3)4)18-12-8-6-5-7-11(12)17-10/h5-8H,9H2,1-4H3,(H,16,18)(H,19,20). The minimum absolute atomic E-state index is 0.0631. The van der Waals surface area contributed by atoms with Crippen LogP contribution in [-0.2, 0) is 4.79 Å². The van der Waals surface area contributed by atoms with Gasteiger partial charge in [0.2, 0.25) is 5.91 Å². The van der Waals surface area contributed by atoms with Crippen LogP contribution < -0.4 is 10.6 Å². The van der Waals surface area contributed by atoms with Crippen molar-refractivity contribution in [3.63, 3.8) is 0 Å². The highest BCUT2D eigenvalue weighted by atomic mass is 16.2. The number of carbonyl (C=O) groups excluding carboxylic acids is 1. The average molecular weight is 272 g/mol. The lowest BCUT2D eigenvalue weighted by Gasteiger charge is -2.20. The smallest absolute Gasteiger partial charge is 0.239 e. The molecule has 0 spiro atoms. The maximum Gasteiger partial charge on any atom is 0.239 e. The van der Waals surface area contributed by atoms with E-state index in [9.17, 15) is 4.79 Å². The van der Waals surface area contributed by atoms with E-state index in [0.29, 0.717) is 5.82 Å². The lowest BCUT2D eigenvalue weighted by atomic mass is 10.1. The number of amides is 1. The van der Waals surface area contributed by atoms with E-state index in [2.05, 4.69) is 20.6 Å². The van der Waals surface area contributed by atoms with Gasteiger partial charge in [-0.2, -0.15) is 0 Å². The fourth-order valence-electron chi connectivity index (χ4n) is 1.88. The summed E-state index contributed by atoms with van der Waals surface area (Å²) in [6.07, 6.45) is 0. The van der Waals surface area contributed by atoms with Crippen LogP contribution in [-0.4, -0.2) is 28.0 Å². The van der Waals surface area contributed by atoms with Gasteiger partial charge in [-0.3, -0.25) is 4.79 Å². The summed E-state index contributed by atoms with van der Waals surface area (Å²) in [5.41, 5.74) is 2.22. The number of benzene rings is 1. The van der Waals surface area contributed by atoms with E-state index in [1.54, 1.807) is 0 Å². The molecule has 0 radical (unpaired) electrons. The number of nitrogens with zero attached hydrogens (tertiary/aromatic N) is 2. The topological polar surface area (TPSA) is 66.9 Å². The molecule has 5 heteroatoms. The van der Waals surface area contributed by atoms with Gasteiger partial charge in [0.1, 0.15) is 5.82 Å². The largest absolute Gasteiger partial charge is 0.359 e. The van der Waals surface area contributed by atoms with Gasteiger partial charge in [0, 0.05) is 5.54 Å². The second kappa shape index (κ2) is 5.45. The molecule has 0 saturated carbocycles. The molecule has 0 aliphatic carbocycles. The lowest BCUT2D eigenvalue weighted by Crippen LogP contribution is -2.43. The Morgan fingerprint density at radius 2 is 1.75 bits per heavy atom. The van der Waals surface area contributed by atoms with Crippen LogP contribution in [0.25, 0.3) is 11.0 Å². The van der Waals surface area contributed by atoms with Crippen LogP contribution in [0.1, 0.15) is 26.5 Å². The van der Waals surface area contributed by atoms with Gasteiger partial charge in [-0.15, -0.1) is 0 Å². The van der Waals surface area contributed by atoms with Crippen molar-refractivity contribution < 1.29 is 4.79 Å². The fourth-order valence-corrected chi connectivity index (χ4v) is 1.88. The number of para-hydroxylation sites is 2. The number of nitrogens with one attached hydrogen (secondary N) is 2. The summed E-state index contributed by atoms with van der Waals surface area (Å²) >= 11 is 0. The van der Waals surface area contributed by atoms with Crippen molar-refractivity contribution in [2.75, 3.05) is 11.9 Å². The highest BCUT2D eigenvalue weighted by molar-refractivity contribution is 5.82. The Morgan fingerprint density at radius 1 is 1.15 bits per heavy atom. The van der Waals surface area contributed by atoms with Gasteiger partial charge < -0.3 is 10.6 Å². The molecule has 0 fully saturated rings. The number of hydrogen-bond acceptors (Lipinski definition) is 4. The number of anilines is 1. The molecule has 106 valence electrons. The maximum atomic E-state index is 11.8. The van der Waals surface area contributed by atoms with Crippen molar-refractivity contribution in [2.45, 2.75) is 33.2 Å². The highest BCUT2D eigenvalue weighted by Crippen LogP contribution is 2.15. The SMILES string of the molecule is Cc1nc2ccccc2nc1NCC(=O)NC(C)(C)C. The zero-order valence-corrected chi connectivity index (χ0v) is 12.3. The summed E-state index contributed by atoms with van der Waals surface area (Å²) in [6.45, 7) is 7.92. The van der Waals surface area contributed by atoms with Gasteiger partial charge >= 0.3 is 0 Å². The summed E-state index contributed by atoms with van der Waals surface area (Å²) in [7, 11) is 0. The van der Waals surface area contributed by atoms with Gasteiger partial charge in [-0.25, -0.2) is 9.97 Å². The molecule has 0 bridgehead atoms. The molecule has 1 heterocycles. The van der Waals surface area contributed by atoms with Crippen molar-refractivity contribution in [3.05, 3.63) is 30.0 Å². The minimum atomic E-state index is -0.233. The number of fused-ring (bicyclic) bond motifs is 1. The Morgan fingerprint density at radius 3 is 2.35 bits per heavy atom. The maximum absolute atomic E-state index is 11.8. The molecule has 0 aliphatic rings. The van der Waals surface area contributed by atoms with Crippen LogP contribution in [0.4, 0.5) is 5.82 Å². The second-order valence-electron chi connectivity index (χ2n) is 5.80.